The second-order valence-corrected chi connectivity index (χ2v) is 8.38. The number of rotatable bonds is 6. The topological polar surface area (TPSA) is 119 Å². The number of carbonyl (C=O) groups is 1. The van der Waals surface area contributed by atoms with Gasteiger partial charge in [-0.25, -0.2) is 13.1 Å². The molecule has 0 atom stereocenters. The molecule has 0 bridgehead atoms. The number of tetrazole rings is 1. The molecule has 28 heavy (non-hydrogen) atoms. The maximum atomic E-state index is 12.7. The van der Waals surface area contributed by atoms with Crippen molar-refractivity contribution in [1.82, 2.24) is 20.2 Å². The molecule has 0 radical (unpaired) electrons. The van der Waals surface area contributed by atoms with Gasteiger partial charge in [-0.1, -0.05) is 24.3 Å². The summed E-state index contributed by atoms with van der Waals surface area (Å²) in [6.45, 7) is 0. The van der Waals surface area contributed by atoms with Crippen LogP contribution in [0.4, 0.5) is 11.4 Å². The molecule has 0 saturated heterocycles. The van der Waals surface area contributed by atoms with Gasteiger partial charge in [0.2, 0.25) is 10.0 Å². The Morgan fingerprint density at radius 3 is 2.68 bits per heavy atom. The van der Waals surface area contributed by atoms with E-state index in [4.69, 9.17) is 0 Å². The Kier molecular flexibility index (Phi) is 4.55. The van der Waals surface area contributed by atoms with Crippen LogP contribution in [0.25, 0.3) is 11.4 Å². The lowest BCUT2D eigenvalue weighted by Gasteiger charge is -2.11. The first-order valence-corrected chi connectivity index (χ1v) is 10.6. The molecule has 2 N–H and O–H groups in total. The van der Waals surface area contributed by atoms with Gasteiger partial charge >= 0.3 is 0 Å². The van der Waals surface area contributed by atoms with Crippen LogP contribution in [0, 0.1) is 0 Å². The van der Waals surface area contributed by atoms with Crippen molar-refractivity contribution >= 4 is 27.3 Å². The van der Waals surface area contributed by atoms with E-state index in [1.54, 1.807) is 41.1 Å². The van der Waals surface area contributed by atoms with Crippen LogP contribution in [0.2, 0.25) is 0 Å². The highest BCUT2D eigenvalue weighted by atomic mass is 32.2. The number of para-hydroxylation sites is 1. The van der Waals surface area contributed by atoms with Crippen molar-refractivity contribution < 1.29 is 13.2 Å². The van der Waals surface area contributed by atoms with Crippen LogP contribution in [-0.4, -0.2) is 40.8 Å². The van der Waals surface area contributed by atoms with Crippen LogP contribution >= 0.6 is 0 Å². The van der Waals surface area contributed by atoms with Crippen molar-refractivity contribution in [3.63, 3.8) is 0 Å². The Bertz CT molecular complexity index is 1140. The van der Waals surface area contributed by atoms with Crippen LogP contribution in [-0.2, 0) is 10.0 Å². The number of carbonyl (C=O) groups excluding carboxylic acids is 1. The standard InChI is InChI=1S/C18H18N6O3S/c1-28(26,27)21-16-8-3-2-7-15(16)18(25)19-13-6-4-5-12(11-13)17-20-22-23-24(17)14-9-10-14/h2-8,11,14,21H,9-10H2,1H3,(H,19,25). The lowest BCUT2D eigenvalue weighted by molar-refractivity contribution is 0.102. The number of anilines is 2. The van der Waals surface area contributed by atoms with Crippen LogP contribution in [0.1, 0.15) is 29.2 Å². The Morgan fingerprint density at radius 2 is 1.93 bits per heavy atom. The molecule has 144 valence electrons. The first kappa shape index (κ1) is 18.1. The first-order chi connectivity index (χ1) is 13.4. The molecule has 10 heteroatoms. The van der Waals surface area contributed by atoms with E-state index in [1.807, 2.05) is 6.07 Å². The zero-order chi connectivity index (χ0) is 19.7. The molecule has 1 aliphatic rings. The summed E-state index contributed by atoms with van der Waals surface area (Å²) in [5.74, 6) is 0.225. The molecule has 4 rings (SSSR count). The molecule has 3 aromatic rings. The summed E-state index contributed by atoms with van der Waals surface area (Å²) in [6, 6.07) is 14.0. The smallest absolute Gasteiger partial charge is 0.257 e. The minimum Gasteiger partial charge on any atom is -0.322 e. The van der Waals surface area contributed by atoms with Gasteiger partial charge in [0.15, 0.2) is 5.82 Å². The van der Waals surface area contributed by atoms with Crippen LogP contribution in [0.5, 0.6) is 0 Å². The Hall–Kier alpha value is -3.27. The quantitative estimate of drug-likeness (QED) is 0.658. The predicted octanol–water partition coefficient (Wildman–Crippen LogP) is 2.30. The van der Waals surface area contributed by atoms with Crippen LogP contribution in [0.3, 0.4) is 0 Å². The summed E-state index contributed by atoms with van der Waals surface area (Å²) >= 11 is 0. The second-order valence-electron chi connectivity index (χ2n) is 6.63. The summed E-state index contributed by atoms with van der Waals surface area (Å²) < 4.78 is 27.2. The molecule has 1 heterocycles. The second kappa shape index (κ2) is 7.04. The normalized spacial score (nSPS) is 13.9. The predicted molar refractivity (Wildman–Crippen MR) is 104 cm³/mol. The van der Waals surface area contributed by atoms with Crippen molar-refractivity contribution in [1.29, 1.82) is 0 Å². The van der Waals surface area contributed by atoms with Crippen LogP contribution < -0.4 is 10.0 Å². The number of nitrogens with zero attached hydrogens (tertiary/aromatic N) is 4. The van der Waals surface area contributed by atoms with Crippen LogP contribution in [0.15, 0.2) is 48.5 Å². The van der Waals surface area contributed by atoms with E-state index in [9.17, 15) is 13.2 Å². The minimum atomic E-state index is -3.50. The number of benzene rings is 2. The largest absolute Gasteiger partial charge is 0.322 e. The third-order valence-electron chi connectivity index (χ3n) is 4.23. The molecule has 1 saturated carbocycles. The van der Waals surface area contributed by atoms with Gasteiger partial charge in [-0.3, -0.25) is 9.52 Å². The van der Waals surface area contributed by atoms with Crippen molar-refractivity contribution in [2.45, 2.75) is 18.9 Å². The molecule has 2 aromatic carbocycles. The zero-order valence-corrected chi connectivity index (χ0v) is 15.8. The minimum absolute atomic E-state index is 0.219. The van der Waals surface area contributed by atoms with Gasteiger partial charge in [-0.15, -0.1) is 5.10 Å². The lowest BCUT2D eigenvalue weighted by Crippen LogP contribution is -2.17. The molecule has 0 unspecified atom stereocenters. The molecule has 1 aliphatic carbocycles. The number of aromatic nitrogens is 4. The first-order valence-electron chi connectivity index (χ1n) is 8.67. The molecule has 1 fully saturated rings. The summed E-state index contributed by atoms with van der Waals surface area (Å²) in [4.78, 5) is 12.7. The number of hydrogen-bond acceptors (Lipinski definition) is 6. The fourth-order valence-corrected chi connectivity index (χ4v) is 3.43. The third kappa shape index (κ3) is 4.01. The summed E-state index contributed by atoms with van der Waals surface area (Å²) in [5.41, 5.74) is 1.79. The summed E-state index contributed by atoms with van der Waals surface area (Å²) in [5, 5.41) is 14.7. The average Bonchev–Trinajstić information content (AvgIpc) is 3.37. The average molecular weight is 398 g/mol. The van der Waals surface area contributed by atoms with Crippen molar-refractivity contribution in [3.05, 3.63) is 54.1 Å². The summed E-state index contributed by atoms with van der Waals surface area (Å²) in [7, 11) is -3.50. The van der Waals surface area contributed by atoms with Crippen molar-refractivity contribution in [3.8, 4) is 11.4 Å². The maximum Gasteiger partial charge on any atom is 0.257 e. The van der Waals surface area contributed by atoms with Crippen molar-refractivity contribution in [2.75, 3.05) is 16.3 Å². The SMILES string of the molecule is CS(=O)(=O)Nc1ccccc1C(=O)Nc1cccc(-c2nnnn2C2CC2)c1. The lowest BCUT2D eigenvalue weighted by atomic mass is 10.1. The van der Waals surface area contributed by atoms with E-state index in [1.165, 1.54) is 6.07 Å². The van der Waals surface area contributed by atoms with Gasteiger partial charge in [0, 0.05) is 11.3 Å². The number of nitrogens with one attached hydrogen (secondary N) is 2. The summed E-state index contributed by atoms with van der Waals surface area (Å²) in [6.07, 6.45) is 3.15. The molecule has 1 amide bonds. The highest BCUT2D eigenvalue weighted by Crippen LogP contribution is 2.36. The van der Waals surface area contributed by atoms with E-state index >= 15 is 0 Å². The fourth-order valence-electron chi connectivity index (χ4n) is 2.85. The number of amides is 1. The fraction of sp³-hybridized carbons (Fsp3) is 0.222. The van der Waals surface area contributed by atoms with Gasteiger partial charge in [0.1, 0.15) is 0 Å². The van der Waals surface area contributed by atoms with Gasteiger partial charge in [0.05, 0.1) is 23.5 Å². The highest BCUT2D eigenvalue weighted by molar-refractivity contribution is 7.92. The molecule has 9 nitrogen and oxygen atoms in total. The van der Waals surface area contributed by atoms with Gasteiger partial charge in [0.25, 0.3) is 5.91 Å². The maximum absolute atomic E-state index is 12.7. The Balaban J connectivity index is 1.59. The Morgan fingerprint density at radius 1 is 1.14 bits per heavy atom. The van der Waals surface area contributed by atoms with E-state index < -0.39 is 15.9 Å². The Labute approximate surface area is 161 Å². The molecule has 0 aliphatic heterocycles. The van der Waals surface area contributed by atoms with Gasteiger partial charge in [-0.05, 0) is 47.5 Å². The molecule has 1 aromatic heterocycles. The number of sulfonamides is 1. The van der Waals surface area contributed by atoms with E-state index in [0.717, 1.165) is 24.7 Å². The monoisotopic (exact) mass is 398 g/mol. The van der Waals surface area contributed by atoms with E-state index in [-0.39, 0.29) is 11.3 Å². The molecular formula is C18H18N6O3S. The number of hydrogen-bond donors (Lipinski definition) is 2. The van der Waals surface area contributed by atoms with Crippen molar-refractivity contribution in [2.24, 2.45) is 0 Å². The highest BCUT2D eigenvalue weighted by Gasteiger charge is 2.28. The zero-order valence-electron chi connectivity index (χ0n) is 15.0. The van der Waals surface area contributed by atoms with E-state index in [0.29, 0.717) is 17.6 Å². The van der Waals surface area contributed by atoms with Gasteiger partial charge < -0.3 is 5.32 Å². The third-order valence-corrected chi connectivity index (χ3v) is 4.82. The molecular weight excluding hydrogens is 380 g/mol. The van der Waals surface area contributed by atoms with Gasteiger partial charge in [-0.2, -0.15) is 0 Å². The molecule has 0 spiro atoms. The van der Waals surface area contributed by atoms with E-state index in [2.05, 4.69) is 25.6 Å².